The lowest BCUT2D eigenvalue weighted by atomic mass is 9.87. The summed E-state index contributed by atoms with van der Waals surface area (Å²) in [7, 11) is 0. The third-order valence-electron chi connectivity index (χ3n) is 7.04. The van der Waals surface area contributed by atoms with Crippen LogP contribution in [0.3, 0.4) is 0 Å². The summed E-state index contributed by atoms with van der Waals surface area (Å²) in [6, 6.07) is 6.87. The monoisotopic (exact) mass is 427 g/mol. The molecule has 2 N–H and O–H groups in total. The second kappa shape index (κ2) is 8.99. The number of carbonyl (C=O) groups is 3. The molecule has 4 rings (SSSR count). The molecule has 2 fully saturated rings. The fourth-order valence-electron chi connectivity index (χ4n) is 4.99. The smallest absolute Gasteiger partial charge is 0.250 e. The van der Waals surface area contributed by atoms with Crippen molar-refractivity contribution in [2.45, 2.75) is 89.8 Å². The minimum atomic E-state index is -0.762. The number of nitrogens with one attached hydrogen (secondary N) is 2. The van der Waals surface area contributed by atoms with Gasteiger partial charge in [-0.25, -0.2) is 0 Å². The highest BCUT2D eigenvalue weighted by molar-refractivity contribution is 5.94. The molecule has 0 radical (unpaired) electrons. The maximum absolute atomic E-state index is 13.3. The molecule has 168 valence electrons. The van der Waals surface area contributed by atoms with Crippen molar-refractivity contribution in [2.24, 2.45) is 5.92 Å². The molecule has 2 saturated heterocycles. The number of hydrogen-bond acceptors (Lipinski definition) is 4. The van der Waals surface area contributed by atoms with Gasteiger partial charge in [-0.3, -0.25) is 14.4 Å². The Morgan fingerprint density at radius 2 is 1.97 bits per heavy atom. The van der Waals surface area contributed by atoms with Crippen molar-refractivity contribution in [3.05, 3.63) is 35.4 Å². The Labute approximate surface area is 183 Å². The van der Waals surface area contributed by atoms with E-state index in [0.29, 0.717) is 19.3 Å². The van der Waals surface area contributed by atoms with E-state index in [1.54, 1.807) is 4.90 Å². The van der Waals surface area contributed by atoms with Crippen molar-refractivity contribution < 1.29 is 19.1 Å². The standard InChI is InChI=1S/C24H33N3O4/c1-4-14(2)22(28)26-21-15(3)31-20-13-12-19(27(20)24(21)30)23(29)25-18-11-7-9-16-8-5-6-10-17(16)18/h5-6,8,10,14-15,18-21H,4,7,9,11-13H2,1-3H3,(H,25,29)(H,26,28)/t14-,15-,18?,19?,20+,21?/m1/s1. The molecular weight excluding hydrogens is 394 g/mol. The lowest BCUT2D eigenvalue weighted by Crippen LogP contribution is -2.64. The van der Waals surface area contributed by atoms with Gasteiger partial charge in [0.15, 0.2) is 0 Å². The molecule has 3 unspecified atom stereocenters. The van der Waals surface area contributed by atoms with E-state index in [4.69, 9.17) is 4.74 Å². The quantitative estimate of drug-likeness (QED) is 0.756. The van der Waals surface area contributed by atoms with Crippen LogP contribution in [0, 0.1) is 5.92 Å². The van der Waals surface area contributed by atoms with E-state index in [0.717, 1.165) is 19.3 Å². The third-order valence-corrected chi connectivity index (χ3v) is 7.04. The summed E-state index contributed by atoms with van der Waals surface area (Å²) in [5.41, 5.74) is 2.45. The number of aryl methyl sites for hydroxylation is 1. The van der Waals surface area contributed by atoms with Crippen LogP contribution in [0.15, 0.2) is 24.3 Å². The highest BCUT2D eigenvalue weighted by atomic mass is 16.5. The van der Waals surface area contributed by atoms with E-state index in [1.807, 2.05) is 32.9 Å². The Balaban J connectivity index is 1.47. The highest BCUT2D eigenvalue weighted by Gasteiger charge is 2.50. The fourth-order valence-corrected chi connectivity index (χ4v) is 4.99. The second-order valence-corrected chi connectivity index (χ2v) is 9.08. The van der Waals surface area contributed by atoms with E-state index in [9.17, 15) is 14.4 Å². The van der Waals surface area contributed by atoms with Gasteiger partial charge in [0.2, 0.25) is 11.8 Å². The Bertz CT molecular complexity index is 857. The molecule has 3 aliphatic rings. The Morgan fingerprint density at radius 1 is 1.19 bits per heavy atom. The SMILES string of the molecule is CC[C@@H](C)C(=O)NC1C(=O)N2C(C(=O)NC3CCCc4ccccc43)CC[C@@H]2O[C@@H]1C. The van der Waals surface area contributed by atoms with Crippen LogP contribution < -0.4 is 10.6 Å². The summed E-state index contributed by atoms with van der Waals surface area (Å²) in [6.45, 7) is 5.58. The number of fused-ring (bicyclic) bond motifs is 2. The molecule has 7 heteroatoms. The average Bonchev–Trinajstić information content (AvgIpc) is 3.20. The molecule has 0 saturated carbocycles. The van der Waals surface area contributed by atoms with Gasteiger partial charge in [-0.15, -0.1) is 0 Å². The van der Waals surface area contributed by atoms with Crippen LogP contribution >= 0.6 is 0 Å². The predicted molar refractivity (Wildman–Crippen MR) is 116 cm³/mol. The van der Waals surface area contributed by atoms with Crippen molar-refractivity contribution in [1.82, 2.24) is 15.5 Å². The van der Waals surface area contributed by atoms with Gasteiger partial charge in [-0.05, 0) is 56.6 Å². The number of rotatable bonds is 5. The van der Waals surface area contributed by atoms with Gasteiger partial charge in [-0.1, -0.05) is 38.1 Å². The first-order chi connectivity index (χ1) is 14.9. The summed E-state index contributed by atoms with van der Waals surface area (Å²) in [5.74, 6) is -0.694. The molecule has 0 spiro atoms. The van der Waals surface area contributed by atoms with E-state index < -0.39 is 24.4 Å². The lowest BCUT2D eigenvalue weighted by Gasteiger charge is -2.41. The zero-order valence-electron chi connectivity index (χ0n) is 18.6. The number of benzene rings is 1. The van der Waals surface area contributed by atoms with Gasteiger partial charge in [0.05, 0.1) is 12.1 Å². The minimum absolute atomic E-state index is 0.0304. The molecule has 2 aliphatic heterocycles. The van der Waals surface area contributed by atoms with Crippen molar-refractivity contribution in [2.75, 3.05) is 0 Å². The third kappa shape index (κ3) is 4.20. The van der Waals surface area contributed by atoms with Crippen LogP contribution in [-0.2, 0) is 25.5 Å². The van der Waals surface area contributed by atoms with E-state index in [-0.39, 0.29) is 29.7 Å². The molecule has 3 amide bonds. The average molecular weight is 428 g/mol. The predicted octanol–water partition coefficient (Wildman–Crippen LogP) is 2.45. The van der Waals surface area contributed by atoms with Gasteiger partial charge in [0, 0.05) is 5.92 Å². The molecule has 2 heterocycles. The van der Waals surface area contributed by atoms with Gasteiger partial charge >= 0.3 is 0 Å². The summed E-state index contributed by atoms with van der Waals surface area (Å²) in [5, 5.41) is 6.04. The molecule has 6 atom stereocenters. The maximum atomic E-state index is 13.3. The first-order valence-corrected chi connectivity index (χ1v) is 11.6. The van der Waals surface area contributed by atoms with E-state index >= 15 is 0 Å². The molecule has 31 heavy (non-hydrogen) atoms. The fraction of sp³-hybridized carbons (Fsp3) is 0.625. The number of amides is 3. The first kappa shape index (κ1) is 21.8. The number of ether oxygens (including phenoxy) is 1. The van der Waals surface area contributed by atoms with Crippen LogP contribution in [0.2, 0.25) is 0 Å². The molecule has 0 aromatic heterocycles. The Morgan fingerprint density at radius 3 is 2.74 bits per heavy atom. The summed E-state index contributed by atoms with van der Waals surface area (Å²) < 4.78 is 6.04. The summed E-state index contributed by atoms with van der Waals surface area (Å²) >= 11 is 0. The van der Waals surface area contributed by atoms with Crippen molar-refractivity contribution in [1.29, 1.82) is 0 Å². The largest absolute Gasteiger partial charge is 0.353 e. The second-order valence-electron chi connectivity index (χ2n) is 9.08. The van der Waals surface area contributed by atoms with Crippen LogP contribution in [0.5, 0.6) is 0 Å². The van der Waals surface area contributed by atoms with Crippen molar-refractivity contribution in [3.63, 3.8) is 0 Å². The number of hydrogen-bond donors (Lipinski definition) is 2. The number of carbonyl (C=O) groups excluding carboxylic acids is 3. The van der Waals surface area contributed by atoms with Gasteiger partial charge in [0.25, 0.3) is 5.91 Å². The van der Waals surface area contributed by atoms with Crippen molar-refractivity contribution >= 4 is 17.7 Å². The van der Waals surface area contributed by atoms with Gasteiger partial charge in [-0.2, -0.15) is 0 Å². The first-order valence-electron chi connectivity index (χ1n) is 11.6. The minimum Gasteiger partial charge on any atom is -0.353 e. The zero-order chi connectivity index (χ0) is 22.1. The Hall–Kier alpha value is -2.41. The molecule has 1 aromatic rings. The van der Waals surface area contributed by atoms with E-state index in [1.165, 1.54) is 11.1 Å². The van der Waals surface area contributed by atoms with E-state index in [2.05, 4.69) is 22.8 Å². The summed E-state index contributed by atoms with van der Waals surface area (Å²) in [4.78, 5) is 40.5. The molecule has 1 aromatic carbocycles. The maximum Gasteiger partial charge on any atom is 0.250 e. The lowest BCUT2D eigenvalue weighted by molar-refractivity contribution is -0.179. The van der Waals surface area contributed by atoms with Gasteiger partial charge < -0.3 is 20.3 Å². The topological polar surface area (TPSA) is 87.7 Å². The van der Waals surface area contributed by atoms with Crippen LogP contribution in [0.25, 0.3) is 0 Å². The molecule has 0 bridgehead atoms. The molecular formula is C24H33N3O4. The molecule has 1 aliphatic carbocycles. The van der Waals surface area contributed by atoms with Crippen LogP contribution in [0.1, 0.15) is 70.0 Å². The highest BCUT2D eigenvalue weighted by Crippen LogP contribution is 2.34. The summed E-state index contributed by atoms with van der Waals surface area (Å²) in [6.07, 6.45) is 4.01. The Kier molecular flexibility index (Phi) is 6.32. The van der Waals surface area contributed by atoms with Gasteiger partial charge in [0.1, 0.15) is 18.3 Å². The van der Waals surface area contributed by atoms with Crippen LogP contribution in [-0.4, -0.2) is 47.0 Å². The van der Waals surface area contributed by atoms with Crippen LogP contribution in [0.4, 0.5) is 0 Å². The normalized spacial score (nSPS) is 30.9. The van der Waals surface area contributed by atoms with Crippen molar-refractivity contribution in [3.8, 4) is 0 Å². The zero-order valence-corrected chi connectivity index (χ0v) is 18.6. The number of nitrogens with zero attached hydrogens (tertiary/aromatic N) is 1. The molecule has 7 nitrogen and oxygen atoms in total.